The number of carboxylic acid groups (broad SMARTS) is 1. The number of rotatable bonds is 7. The molecular formula is C23H18ClNO4. The number of amides is 1. The molecule has 0 saturated heterocycles. The Morgan fingerprint density at radius 3 is 2.21 bits per heavy atom. The van der Waals surface area contributed by atoms with Crippen LogP contribution in [0.2, 0.25) is 5.02 Å². The first-order chi connectivity index (χ1) is 14.0. The molecule has 0 aliphatic rings. The number of nitrogens with one attached hydrogen (secondary N) is 1. The Morgan fingerprint density at radius 1 is 0.931 bits per heavy atom. The first-order valence-corrected chi connectivity index (χ1v) is 9.18. The van der Waals surface area contributed by atoms with Gasteiger partial charge in [0.25, 0.3) is 5.91 Å². The summed E-state index contributed by atoms with van der Waals surface area (Å²) < 4.78 is 5.71. The number of hydrogen-bond acceptors (Lipinski definition) is 3. The second-order valence-electron chi connectivity index (χ2n) is 6.17. The molecule has 0 unspecified atom stereocenters. The van der Waals surface area contributed by atoms with Crippen molar-refractivity contribution in [3.05, 3.63) is 106 Å². The lowest BCUT2D eigenvalue weighted by molar-refractivity contribution is -0.132. The molecule has 0 atom stereocenters. The van der Waals surface area contributed by atoms with Crippen molar-refractivity contribution in [1.29, 1.82) is 0 Å². The van der Waals surface area contributed by atoms with E-state index in [0.717, 1.165) is 5.56 Å². The van der Waals surface area contributed by atoms with Crippen LogP contribution in [-0.2, 0) is 11.4 Å². The van der Waals surface area contributed by atoms with Crippen molar-refractivity contribution in [2.45, 2.75) is 6.61 Å². The van der Waals surface area contributed by atoms with Crippen LogP contribution in [0, 0.1) is 0 Å². The lowest BCUT2D eigenvalue weighted by Gasteiger charge is -2.08. The largest absolute Gasteiger partial charge is 0.489 e. The van der Waals surface area contributed by atoms with E-state index in [0.29, 0.717) is 28.5 Å². The van der Waals surface area contributed by atoms with Crippen molar-refractivity contribution in [3.8, 4) is 5.75 Å². The highest BCUT2D eigenvalue weighted by atomic mass is 35.5. The van der Waals surface area contributed by atoms with E-state index in [1.807, 2.05) is 12.1 Å². The predicted molar refractivity (Wildman–Crippen MR) is 112 cm³/mol. The third kappa shape index (κ3) is 5.96. The van der Waals surface area contributed by atoms with Crippen LogP contribution in [0.5, 0.6) is 5.75 Å². The Kier molecular flexibility index (Phi) is 6.66. The molecule has 146 valence electrons. The lowest BCUT2D eigenvalue weighted by atomic mass is 10.1. The standard InChI is InChI=1S/C23H18ClNO4/c24-19-10-6-17(7-11-19)15-29-20-12-8-16(9-13-20)14-21(23(27)28)25-22(26)18-4-2-1-3-5-18/h1-14H,15H2,(H,25,26)(H,27,28). The van der Waals surface area contributed by atoms with Gasteiger partial charge in [0.1, 0.15) is 18.1 Å². The summed E-state index contributed by atoms with van der Waals surface area (Å²) in [6, 6.07) is 22.7. The molecular weight excluding hydrogens is 390 g/mol. The molecule has 0 spiro atoms. The zero-order valence-electron chi connectivity index (χ0n) is 15.3. The molecule has 3 aromatic rings. The molecule has 29 heavy (non-hydrogen) atoms. The normalized spacial score (nSPS) is 11.0. The van der Waals surface area contributed by atoms with Crippen LogP contribution in [0.4, 0.5) is 0 Å². The van der Waals surface area contributed by atoms with Gasteiger partial charge in [-0.15, -0.1) is 0 Å². The third-order valence-corrected chi connectivity index (χ3v) is 4.28. The number of carboxylic acids is 1. The third-order valence-electron chi connectivity index (χ3n) is 4.02. The maximum Gasteiger partial charge on any atom is 0.352 e. The predicted octanol–water partition coefficient (Wildman–Crippen LogP) is 4.77. The number of ether oxygens (including phenoxy) is 1. The molecule has 0 aliphatic carbocycles. The van der Waals surface area contributed by atoms with Gasteiger partial charge < -0.3 is 15.2 Å². The zero-order chi connectivity index (χ0) is 20.6. The Balaban J connectivity index is 1.66. The van der Waals surface area contributed by atoms with Crippen LogP contribution < -0.4 is 10.1 Å². The molecule has 2 N–H and O–H groups in total. The fraction of sp³-hybridized carbons (Fsp3) is 0.0435. The second kappa shape index (κ2) is 9.57. The van der Waals surface area contributed by atoms with E-state index in [1.54, 1.807) is 66.7 Å². The number of carbonyl (C=O) groups is 2. The molecule has 3 rings (SSSR count). The fourth-order valence-corrected chi connectivity index (χ4v) is 2.64. The summed E-state index contributed by atoms with van der Waals surface area (Å²) in [6.45, 7) is 0.389. The lowest BCUT2D eigenvalue weighted by Crippen LogP contribution is -2.27. The SMILES string of the molecule is O=C(O)C(=Cc1ccc(OCc2ccc(Cl)cc2)cc1)NC(=O)c1ccccc1. The summed E-state index contributed by atoms with van der Waals surface area (Å²) in [5.41, 5.74) is 1.77. The van der Waals surface area contributed by atoms with Gasteiger partial charge in [-0.05, 0) is 53.6 Å². The van der Waals surface area contributed by atoms with Crippen LogP contribution in [0.1, 0.15) is 21.5 Å². The van der Waals surface area contributed by atoms with Gasteiger partial charge in [-0.25, -0.2) is 4.79 Å². The minimum absolute atomic E-state index is 0.214. The van der Waals surface area contributed by atoms with E-state index in [-0.39, 0.29) is 5.70 Å². The van der Waals surface area contributed by atoms with Gasteiger partial charge in [0, 0.05) is 10.6 Å². The Morgan fingerprint density at radius 2 is 1.59 bits per heavy atom. The Hall–Kier alpha value is -3.57. The van der Waals surface area contributed by atoms with Crippen LogP contribution >= 0.6 is 11.6 Å². The minimum atomic E-state index is -1.22. The quantitative estimate of drug-likeness (QED) is 0.553. The highest BCUT2D eigenvalue weighted by Gasteiger charge is 2.13. The van der Waals surface area contributed by atoms with Gasteiger partial charge in [-0.2, -0.15) is 0 Å². The van der Waals surface area contributed by atoms with E-state index in [1.165, 1.54) is 6.08 Å². The Labute approximate surface area is 173 Å². The number of benzene rings is 3. The van der Waals surface area contributed by atoms with Gasteiger partial charge in [0.15, 0.2) is 0 Å². The molecule has 0 aliphatic heterocycles. The van der Waals surface area contributed by atoms with E-state index >= 15 is 0 Å². The zero-order valence-corrected chi connectivity index (χ0v) is 16.1. The summed E-state index contributed by atoms with van der Waals surface area (Å²) in [7, 11) is 0. The average molecular weight is 408 g/mol. The number of carbonyl (C=O) groups excluding carboxylic acids is 1. The summed E-state index contributed by atoms with van der Waals surface area (Å²) in [4.78, 5) is 23.7. The maximum absolute atomic E-state index is 12.2. The van der Waals surface area contributed by atoms with Crippen LogP contribution in [0.15, 0.2) is 84.6 Å². The van der Waals surface area contributed by atoms with Gasteiger partial charge >= 0.3 is 5.97 Å². The van der Waals surface area contributed by atoms with Crippen molar-refractivity contribution < 1.29 is 19.4 Å². The number of hydrogen-bond donors (Lipinski definition) is 2. The van der Waals surface area contributed by atoms with Gasteiger partial charge in [-0.3, -0.25) is 4.79 Å². The van der Waals surface area contributed by atoms with Gasteiger partial charge in [0.05, 0.1) is 0 Å². The monoisotopic (exact) mass is 407 g/mol. The van der Waals surface area contributed by atoms with Crippen LogP contribution in [-0.4, -0.2) is 17.0 Å². The number of aliphatic carboxylic acids is 1. The van der Waals surface area contributed by atoms with Crippen LogP contribution in [0.3, 0.4) is 0 Å². The van der Waals surface area contributed by atoms with Gasteiger partial charge in [-0.1, -0.05) is 54.1 Å². The van der Waals surface area contributed by atoms with Crippen LogP contribution in [0.25, 0.3) is 6.08 Å². The number of halogens is 1. The molecule has 0 radical (unpaired) electrons. The van der Waals surface area contributed by atoms with Crippen molar-refractivity contribution >= 4 is 29.6 Å². The highest BCUT2D eigenvalue weighted by Crippen LogP contribution is 2.17. The summed E-state index contributed by atoms with van der Waals surface area (Å²) in [5, 5.41) is 12.5. The summed E-state index contributed by atoms with van der Waals surface area (Å²) >= 11 is 5.86. The molecule has 0 aromatic heterocycles. The highest BCUT2D eigenvalue weighted by molar-refractivity contribution is 6.30. The van der Waals surface area contributed by atoms with Gasteiger partial charge in [0.2, 0.25) is 0 Å². The molecule has 0 heterocycles. The molecule has 0 saturated carbocycles. The molecule has 5 nitrogen and oxygen atoms in total. The van der Waals surface area contributed by atoms with Crippen molar-refractivity contribution in [1.82, 2.24) is 5.32 Å². The second-order valence-corrected chi connectivity index (χ2v) is 6.60. The molecule has 0 bridgehead atoms. The summed E-state index contributed by atoms with van der Waals surface area (Å²) in [6.07, 6.45) is 1.39. The van der Waals surface area contributed by atoms with E-state index in [2.05, 4.69) is 5.32 Å². The molecule has 3 aromatic carbocycles. The molecule has 6 heteroatoms. The van der Waals surface area contributed by atoms with Crippen molar-refractivity contribution in [2.24, 2.45) is 0 Å². The smallest absolute Gasteiger partial charge is 0.352 e. The fourth-order valence-electron chi connectivity index (χ4n) is 2.51. The molecule has 1 amide bonds. The van der Waals surface area contributed by atoms with E-state index in [9.17, 15) is 14.7 Å². The Bertz CT molecular complexity index is 1010. The topological polar surface area (TPSA) is 75.6 Å². The van der Waals surface area contributed by atoms with E-state index in [4.69, 9.17) is 16.3 Å². The maximum atomic E-state index is 12.2. The summed E-state index contributed by atoms with van der Waals surface area (Å²) in [5.74, 6) is -1.07. The average Bonchev–Trinajstić information content (AvgIpc) is 2.74. The van der Waals surface area contributed by atoms with Crippen molar-refractivity contribution in [3.63, 3.8) is 0 Å². The molecule has 0 fully saturated rings. The minimum Gasteiger partial charge on any atom is -0.489 e. The first kappa shape index (κ1) is 20.2. The first-order valence-electron chi connectivity index (χ1n) is 8.80. The van der Waals surface area contributed by atoms with Crippen molar-refractivity contribution in [2.75, 3.05) is 0 Å². The van der Waals surface area contributed by atoms with E-state index < -0.39 is 11.9 Å².